The van der Waals surface area contributed by atoms with Gasteiger partial charge in [0.05, 0.1) is 11.0 Å². The zero-order valence-corrected chi connectivity index (χ0v) is 11.4. The summed E-state index contributed by atoms with van der Waals surface area (Å²) >= 11 is 0. The van der Waals surface area contributed by atoms with Crippen molar-refractivity contribution >= 4 is 16.7 Å². The van der Waals surface area contributed by atoms with Crippen LogP contribution in [0.5, 0.6) is 0 Å². The fourth-order valence-electron chi connectivity index (χ4n) is 2.80. The molecule has 0 bridgehead atoms. The number of fused-ring (bicyclic) bond motifs is 1. The van der Waals surface area contributed by atoms with Crippen LogP contribution in [0.15, 0.2) is 18.2 Å². The number of nitrogens with two attached hydrogens (primary N) is 1. The second kappa shape index (κ2) is 4.01. The summed E-state index contributed by atoms with van der Waals surface area (Å²) in [6.45, 7) is 6.74. The molecule has 1 saturated carbocycles. The first kappa shape index (κ1) is 11.6. The van der Waals surface area contributed by atoms with Crippen molar-refractivity contribution in [3.63, 3.8) is 0 Å². The van der Waals surface area contributed by atoms with E-state index in [-0.39, 0.29) is 0 Å². The monoisotopic (exact) mass is 243 g/mol. The van der Waals surface area contributed by atoms with Gasteiger partial charge < -0.3 is 10.3 Å². The summed E-state index contributed by atoms with van der Waals surface area (Å²) in [5.74, 6) is 2.62. The smallest absolute Gasteiger partial charge is 0.113 e. The van der Waals surface area contributed by atoms with Gasteiger partial charge in [-0.2, -0.15) is 0 Å². The summed E-state index contributed by atoms with van der Waals surface area (Å²) in [5, 5.41) is 0. The van der Waals surface area contributed by atoms with Crippen LogP contribution in [-0.2, 0) is 0 Å². The number of hydrogen-bond acceptors (Lipinski definition) is 2. The van der Waals surface area contributed by atoms with E-state index in [0.717, 1.165) is 17.1 Å². The van der Waals surface area contributed by atoms with Gasteiger partial charge in [-0.3, -0.25) is 0 Å². The first-order valence-electron chi connectivity index (χ1n) is 6.85. The molecular weight excluding hydrogens is 222 g/mol. The third-order valence-corrected chi connectivity index (χ3v) is 3.99. The Morgan fingerprint density at radius 3 is 2.61 bits per heavy atom. The van der Waals surface area contributed by atoms with Crippen molar-refractivity contribution in [2.24, 2.45) is 5.92 Å². The Kier molecular flexibility index (Phi) is 2.58. The predicted molar refractivity (Wildman–Crippen MR) is 75.7 cm³/mol. The third kappa shape index (κ3) is 1.78. The van der Waals surface area contributed by atoms with Gasteiger partial charge in [-0.25, -0.2) is 4.98 Å². The lowest BCUT2D eigenvalue weighted by atomic mass is 10.1. The lowest BCUT2D eigenvalue weighted by molar-refractivity contribution is 0.525. The van der Waals surface area contributed by atoms with Crippen molar-refractivity contribution in [2.75, 3.05) is 5.73 Å². The number of aromatic nitrogens is 2. The van der Waals surface area contributed by atoms with Gasteiger partial charge in [0.15, 0.2) is 0 Å². The molecule has 18 heavy (non-hydrogen) atoms. The SMILES string of the molecule is CC(c1nc2ccc(N)cc2n1C(C)C)C1CC1. The highest BCUT2D eigenvalue weighted by molar-refractivity contribution is 5.80. The van der Waals surface area contributed by atoms with E-state index in [0.29, 0.717) is 12.0 Å². The Bertz CT molecular complexity index is 579. The van der Waals surface area contributed by atoms with Crippen LogP contribution in [0.25, 0.3) is 11.0 Å². The number of hydrogen-bond donors (Lipinski definition) is 1. The molecule has 3 heteroatoms. The minimum Gasteiger partial charge on any atom is -0.399 e. The van der Waals surface area contributed by atoms with E-state index in [9.17, 15) is 0 Å². The van der Waals surface area contributed by atoms with Crippen LogP contribution in [0.1, 0.15) is 51.4 Å². The number of rotatable bonds is 3. The van der Waals surface area contributed by atoms with Crippen LogP contribution in [0.3, 0.4) is 0 Å². The summed E-state index contributed by atoms with van der Waals surface area (Å²) in [6, 6.07) is 6.44. The Morgan fingerprint density at radius 2 is 2.00 bits per heavy atom. The fourth-order valence-corrected chi connectivity index (χ4v) is 2.80. The number of nitrogens with zero attached hydrogens (tertiary/aromatic N) is 2. The van der Waals surface area contributed by atoms with E-state index in [1.807, 2.05) is 18.2 Å². The van der Waals surface area contributed by atoms with Crippen LogP contribution < -0.4 is 5.73 Å². The minimum atomic E-state index is 0.424. The summed E-state index contributed by atoms with van der Waals surface area (Å²) in [6.07, 6.45) is 2.70. The van der Waals surface area contributed by atoms with Crippen molar-refractivity contribution in [2.45, 2.75) is 45.6 Å². The molecular formula is C15H21N3. The number of anilines is 1. The van der Waals surface area contributed by atoms with Gasteiger partial charge in [-0.05, 0) is 50.8 Å². The molecule has 2 N–H and O–H groups in total. The minimum absolute atomic E-state index is 0.424. The predicted octanol–water partition coefficient (Wildman–Crippen LogP) is 3.71. The summed E-state index contributed by atoms with van der Waals surface area (Å²) < 4.78 is 2.36. The zero-order chi connectivity index (χ0) is 12.9. The average Bonchev–Trinajstić information content (AvgIpc) is 3.08. The van der Waals surface area contributed by atoms with Gasteiger partial charge in [0.2, 0.25) is 0 Å². The Balaban J connectivity index is 2.20. The van der Waals surface area contributed by atoms with Gasteiger partial charge >= 0.3 is 0 Å². The molecule has 0 radical (unpaired) electrons. The molecule has 2 aromatic rings. The van der Waals surface area contributed by atoms with Gasteiger partial charge in [0.25, 0.3) is 0 Å². The van der Waals surface area contributed by atoms with E-state index >= 15 is 0 Å². The molecule has 0 saturated heterocycles. The molecule has 0 aliphatic heterocycles. The van der Waals surface area contributed by atoms with Crippen LogP contribution >= 0.6 is 0 Å². The molecule has 1 aliphatic carbocycles. The van der Waals surface area contributed by atoms with E-state index in [2.05, 4.69) is 25.3 Å². The molecule has 1 heterocycles. The highest BCUT2D eigenvalue weighted by Crippen LogP contribution is 2.43. The van der Waals surface area contributed by atoms with Crippen LogP contribution in [0, 0.1) is 5.92 Å². The van der Waals surface area contributed by atoms with E-state index in [4.69, 9.17) is 10.7 Å². The molecule has 0 amide bonds. The maximum atomic E-state index is 5.91. The molecule has 3 rings (SSSR count). The van der Waals surface area contributed by atoms with Crippen molar-refractivity contribution in [1.82, 2.24) is 9.55 Å². The van der Waals surface area contributed by atoms with Crippen molar-refractivity contribution in [3.8, 4) is 0 Å². The van der Waals surface area contributed by atoms with Crippen LogP contribution in [0.4, 0.5) is 5.69 Å². The zero-order valence-electron chi connectivity index (χ0n) is 11.4. The quantitative estimate of drug-likeness (QED) is 0.835. The standard InChI is InChI=1S/C15H21N3/c1-9(2)18-14-8-12(16)6-7-13(14)17-15(18)10(3)11-4-5-11/h6-11H,4-5,16H2,1-3H3. The highest BCUT2D eigenvalue weighted by Gasteiger charge is 2.32. The largest absolute Gasteiger partial charge is 0.399 e. The van der Waals surface area contributed by atoms with E-state index < -0.39 is 0 Å². The lowest BCUT2D eigenvalue weighted by Crippen LogP contribution is -2.10. The molecule has 1 aromatic carbocycles. The normalized spacial score (nSPS) is 17.6. The molecule has 1 fully saturated rings. The molecule has 0 spiro atoms. The van der Waals surface area contributed by atoms with E-state index in [1.54, 1.807) is 0 Å². The molecule has 1 unspecified atom stereocenters. The second-order valence-corrected chi connectivity index (χ2v) is 5.81. The van der Waals surface area contributed by atoms with Gasteiger partial charge in [-0.1, -0.05) is 6.92 Å². The third-order valence-electron chi connectivity index (χ3n) is 3.99. The van der Waals surface area contributed by atoms with Gasteiger partial charge in [0, 0.05) is 17.6 Å². The molecule has 96 valence electrons. The molecule has 3 nitrogen and oxygen atoms in total. The highest BCUT2D eigenvalue weighted by atomic mass is 15.1. The Labute approximate surface area is 108 Å². The average molecular weight is 243 g/mol. The fraction of sp³-hybridized carbons (Fsp3) is 0.533. The number of imidazole rings is 1. The molecule has 1 aliphatic rings. The second-order valence-electron chi connectivity index (χ2n) is 5.81. The number of nitrogen functional groups attached to an aromatic ring is 1. The van der Waals surface area contributed by atoms with E-state index in [1.165, 1.54) is 24.2 Å². The van der Waals surface area contributed by atoms with Gasteiger partial charge in [-0.15, -0.1) is 0 Å². The van der Waals surface area contributed by atoms with Crippen LogP contribution in [0.2, 0.25) is 0 Å². The first-order valence-corrected chi connectivity index (χ1v) is 6.85. The number of benzene rings is 1. The summed E-state index contributed by atoms with van der Waals surface area (Å²) in [7, 11) is 0. The Morgan fingerprint density at radius 1 is 1.28 bits per heavy atom. The molecule has 1 aromatic heterocycles. The maximum Gasteiger partial charge on any atom is 0.113 e. The Hall–Kier alpha value is -1.51. The molecule has 1 atom stereocenters. The van der Waals surface area contributed by atoms with Crippen molar-refractivity contribution < 1.29 is 0 Å². The summed E-state index contributed by atoms with van der Waals surface area (Å²) in [4.78, 5) is 4.84. The topological polar surface area (TPSA) is 43.8 Å². The van der Waals surface area contributed by atoms with Crippen molar-refractivity contribution in [3.05, 3.63) is 24.0 Å². The summed E-state index contributed by atoms with van der Waals surface area (Å²) in [5.41, 5.74) is 8.97. The maximum absolute atomic E-state index is 5.91. The van der Waals surface area contributed by atoms with Crippen molar-refractivity contribution in [1.29, 1.82) is 0 Å². The van der Waals surface area contributed by atoms with Gasteiger partial charge in [0.1, 0.15) is 5.82 Å². The first-order chi connectivity index (χ1) is 8.58. The lowest BCUT2D eigenvalue weighted by Gasteiger charge is -2.17. The van der Waals surface area contributed by atoms with Crippen LogP contribution in [-0.4, -0.2) is 9.55 Å².